The van der Waals surface area contributed by atoms with E-state index in [9.17, 15) is 13.2 Å². The molecule has 0 spiro atoms. The van der Waals surface area contributed by atoms with Gasteiger partial charge in [-0.1, -0.05) is 13.8 Å². The number of anilines is 1. The van der Waals surface area contributed by atoms with Gasteiger partial charge in [0.25, 0.3) is 9.05 Å². The maximum atomic E-state index is 11.7. The van der Waals surface area contributed by atoms with Crippen LogP contribution < -0.4 is 4.90 Å². The number of nitrogens with zero attached hydrogens (tertiary/aromatic N) is 1. The van der Waals surface area contributed by atoms with Gasteiger partial charge in [-0.25, -0.2) is 8.42 Å². The summed E-state index contributed by atoms with van der Waals surface area (Å²) < 4.78 is 23.5. The molecule has 1 aromatic rings. The lowest BCUT2D eigenvalue weighted by molar-refractivity contribution is -0.116. The number of halogens is 2. The highest BCUT2D eigenvalue weighted by Gasteiger charge is 2.38. The average Bonchev–Trinajstić information content (AvgIpc) is 2.48. The Labute approximate surface area is 125 Å². The number of rotatable bonds is 1. The molecule has 0 fully saturated rings. The molecule has 4 nitrogen and oxygen atoms in total. The maximum absolute atomic E-state index is 11.7. The molecule has 0 saturated carbocycles. The number of hydrogen-bond acceptors (Lipinski definition) is 3. The van der Waals surface area contributed by atoms with E-state index in [2.05, 4.69) is 15.9 Å². The van der Waals surface area contributed by atoms with Crippen LogP contribution >= 0.6 is 26.6 Å². The normalized spacial score (nSPS) is 17.4. The molecule has 7 heteroatoms. The summed E-state index contributed by atoms with van der Waals surface area (Å²) in [6.45, 7) is 6.00. The Hall–Kier alpha value is -0.590. The molecule has 1 aromatic carbocycles. The molecule has 0 bridgehead atoms. The summed E-state index contributed by atoms with van der Waals surface area (Å²) in [5.41, 5.74) is 1.32. The van der Waals surface area contributed by atoms with Crippen LogP contribution in [-0.4, -0.2) is 20.9 Å². The van der Waals surface area contributed by atoms with E-state index < -0.39 is 9.05 Å². The minimum absolute atomic E-state index is 0.0168. The molecular formula is C12H13BrClNO3S. The highest BCUT2D eigenvalue weighted by atomic mass is 79.9. The van der Waals surface area contributed by atoms with Crippen molar-refractivity contribution in [2.45, 2.75) is 31.1 Å². The van der Waals surface area contributed by atoms with Gasteiger partial charge in [0.2, 0.25) is 5.91 Å². The van der Waals surface area contributed by atoms with Crippen molar-refractivity contribution in [2.24, 2.45) is 0 Å². The number of carbonyl (C=O) groups is 1. The molecule has 19 heavy (non-hydrogen) atoms. The van der Waals surface area contributed by atoms with Crippen LogP contribution in [0.25, 0.3) is 0 Å². The van der Waals surface area contributed by atoms with Gasteiger partial charge >= 0.3 is 0 Å². The molecule has 0 atom stereocenters. The smallest absolute Gasteiger partial charge is 0.262 e. The summed E-state index contributed by atoms with van der Waals surface area (Å²) >= 11 is 3.23. The van der Waals surface area contributed by atoms with Crippen molar-refractivity contribution in [1.82, 2.24) is 0 Å². The molecule has 1 amide bonds. The lowest BCUT2D eigenvalue weighted by Gasteiger charge is -2.19. The van der Waals surface area contributed by atoms with Crippen LogP contribution in [0, 0.1) is 0 Å². The van der Waals surface area contributed by atoms with Crippen LogP contribution in [-0.2, 0) is 19.3 Å². The SMILES string of the molecule is CC(=O)N1CC(C)(C)c2cc(Br)c(S(=O)(=O)Cl)cc21. The van der Waals surface area contributed by atoms with Crippen molar-refractivity contribution in [1.29, 1.82) is 0 Å². The lowest BCUT2D eigenvalue weighted by Crippen LogP contribution is -2.32. The molecule has 0 saturated heterocycles. The van der Waals surface area contributed by atoms with Gasteiger partial charge in [0, 0.05) is 39.7 Å². The Balaban J connectivity index is 2.74. The van der Waals surface area contributed by atoms with Gasteiger partial charge in [-0.2, -0.15) is 0 Å². The van der Waals surface area contributed by atoms with E-state index in [0.29, 0.717) is 16.7 Å². The van der Waals surface area contributed by atoms with Crippen molar-refractivity contribution < 1.29 is 13.2 Å². The van der Waals surface area contributed by atoms with E-state index in [0.717, 1.165) is 5.56 Å². The fourth-order valence-electron chi connectivity index (χ4n) is 2.34. The molecule has 1 heterocycles. The summed E-state index contributed by atoms with van der Waals surface area (Å²) in [6.07, 6.45) is 0. The van der Waals surface area contributed by atoms with E-state index in [4.69, 9.17) is 10.7 Å². The first kappa shape index (κ1) is 14.8. The first-order chi connectivity index (χ1) is 8.54. The number of benzene rings is 1. The van der Waals surface area contributed by atoms with Gasteiger partial charge in [0.05, 0.1) is 4.90 Å². The second-order valence-corrected chi connectivity index (χ2v) is 8.62. The zero-order chi connectivity index (χ0) is 14.6. The Morgan fingerprint density at radius 1 is 1.42 bits per heavy atom. The lowest BCUT2D eigenvalue weighted by atomic mass is 9.87. The number of amides is 1. The molecule has 0 N–H and O–H groups in total. The Kier molecular flexibility index (Phi) is 3.48. The Morgan fingerprint density at radius 2 is 2.00 bits per heavy atom. The highest BCUT2D eigenvalue weighted by Crippen LogP contribution is 2.44. The molecule has 1 aliphatic heterocycles. The van der Waals surface area contributed by atoms with Crippen LogP contribution in [0.15, 0.2) is 21.5 Å². The van der Waals surface area contributed by atoms with Gasteiger partial charge in [-0.05, 0) is 33.6 Å². The van der Waals surface area contributed by atoms with Gasteiger partial charge in [0.15, 0.2) is 0 Å². The minimum Gasteiger partial charge on any atom is -0.311 e. The minimum atomic E-state index is -3.85. The summed E-state index contributed by atoms with van der Waals surface area (Å²) in [5, 5.41) is 0. The standard InChI is InChI=1S/C12H13BrClNO3S/c1-7(16)15-6-12(2,3)8-4-9(13)11(5-10(8)15)19(14,17)18/h4-5H,6H2,1-3H3. The fourth-order valence-corrected chi connectivity index (χ4v) is 4.53. The number of fused-ring (bicyclic) bond motifs is 1. The Morgan fingerprint density at radius 3 is 2.47 bits per heavy atom. The van der Waals surface area contributed by atoms with Gasteiger partial charge in [-0.15, -0.1) is 0 Å². The van der Waals surface area contributed by atoms with E-state index in [1.807, 2.05) is 13.8 Å². The average molecular weight is 367 g/mol. The summed E-state index contributed by atoms with van der Waals surface area (Å²) in [6, 6.07) is 3.19. The fraction of sp³-hybridized carbons (Fsp3) is 0.417. The molecule has 0 radical (unpaired) electrons. The van der Waals surface area contributed by atoms with Crippen LogP contribution in [0.1, 0.15) is 26.3 Å². The predicted octanol–water partition coefficient (Wildman–Crippen LogP) is 3.02. The van der Waals surface area contributed by atoms with E-state index in [1.54, 1.807) is 11.0 Å². The first-order valence-electron chi connectivity index (χ1n) is 5.61. The molecular weight excluding hydrogens is 354 g/mol. The third-order valence-electron chi connectivity index (χ3n) is 3.27. The molecule has 0 unspecified atom stereocenters. The second kappa shape index (κ2) is 4.46. The van der Waals surface area contributed by atoms with Crippen molar-refractivity contribution in [2.75, 3.05) is 11.4 Å². The monoisotopic (exact) mass is 365 g/mol. The summed E-state index contributed by atoms with van der Waals surface area (Å²) in [4.78, 5) is 13.2. The number of hydrogen-bond donors (Lipinski definition) is 0. The predicted molar refractivity (Wildman–Crippen MR) is 78.2 cm³/mol. The second-order valence-electron chi connectivity index (χ2n) is 5.23. The zero-order valence-electron chi connectivity index (χ0n) is 10.7. The van der Waals surface area contributed by atoms with E-state index in [1.165, 1.54) is 13.0 Å². The third kappa shape index (κ3) is 2.53. The zero-order valence-corrected chi connectivity index (χ0v) is 13.9. The molecule has 104 valence electrons. The number of carbonyl (C=O) groups excluding carboxylic acids is 1. The van der Waals surface area contributed by atoms with E-state index in [-0.39, 0.29) is 16.2 Å². The van der Waals surface area contributed by atoms with Crippen LogP contribution in [0.3, 0.4) is 0 Å². The Bertz CT molecular complexity index is 670. The summed E-state index contributed by atoms with van der Waals surface area (Å²) in [5.74, 6) is -0.118. The third-order valence-corrected chi connectivity index (χ3v) is 5.55. The van der Waals surface area contributed by atoms with Crippen molar-refractivity contribution in [3.05, 3.63) is 22.2 Å². The van der Waals surface area contributed by atoms with Crippen LogP contribution in [0.4, 0.5) is 5.69 Å². The highest BCUT2D eigenvalue weighted by molar-refractivity contribution is 9.10. The quantitative estimate of drug-likeness (QED) is 0.718. The van der Waals surface area contributed by atoms with Gasteiger partial charge < -0.3 is 4.90 Å². The van der Waals surface area contributed by atoms with E-state index >= 15 is 0 Å². The molecule has 0 aliphatic carbocycles. The molecule has 0 aromatic heterocycles. The van der Waals surface area contributed by atoms with Gasteiger partial charge in [-0.3, -0.25) is 4.79 Å². The van der Waals surface area contributed by atoms with Crippen molar-refractivity contribution in [3.8, 4) is 0 Å². The topological polar surface area (TPSA) is 54.5 Å². The summed E-state index contributed by atoms with van der Waals surface area (Å²) in [7, 11) is 1.55. The van der Waals surface area contributed by atoms with Crippen molar-refractivity contribution in [3.63, 3.8) is 0 Å². The van der Waals surface area contributed by atoms with Crippen LogP contribution in [0.2, 0.25) is 0 Å². The van der Waals surface area contributed by atoms with Crippen LogP contribution in [0.5, 0.6) is 0 Å². The largest absolute Gasteiger partial charge is 0.311 e. The van der Waals surface area contributed by atoms with Gasteiger partial charge in [0.1, 0.15) is 0 Å². The van der Waals surface area contributed by atoms with Crippen molar-refractivity contribution >= 4 is 47.3 Å². The molecule has 2 rings (SSSR count). The maximum Gasteiger partial charge on any atom is 0.262 e. The molecule has 1 aliphatic rings. The first-order valence-corrected chi connectivity index (χ1v) is 8.71.